The van der Waals surface area contributed by atoms with Gasteiger partial charge in [-0.15, -0.1) is 11.3 Å². The van der Waals surface area contributed by atoms with E-state index in [1.807, 2.05) is 29.8 Å². The number of nitrogens with zero attached hydrogens (tertiary/aromatic N) is 1. The molecule has 1 atom stereocenters. The summed E-state index contributed by atoms with van der Waals surface area (Å²) < 4.78 is 0. The van der Waals surface area contributed by atoms with Crippen LogP contribution in [0.15, 0.2) is 41.9 Å². The van der Waals surface area contributed by atoms with E-state index >= 15 is 0 Å². The topological polar surface area (TPSA) is 38.9 Å². The SMILES string of the molecule is NC(Cc1nccs1)c1ccccc1. The minimum atomic E-state index is 0.0577. The average Bonchev–Trinajstić information content (AvgIpc) is 2.72. The number of benzene rings is 1. The zero-order valence-corrected chi connectivity index (χ0v) is 8.58. The molecule has 1 aromatic carbocycles. The fraction of sp³-hybridized carbons (Fsp3) is 0.182. The van der Waals surface area contributed by atoms with Crippen molar-refractivity contribution in [2.75, 3.05) is 0 Å². The molecule has 2 N–H and O–H groups in total. The first-order valence-corrected chi connectivity index (χ1v) is 5.43. The quantitative estimate of drug-likeness (QED) is 0.833. The number of rotatable bonds is 3. The van der Waals surface area contributed by atoms with Crippen LogP contribution in [0.2, 0.25) is 0 Å². The third-order valence-corrected chi connectivity index (χ3v) is 2.91. The van der Waals surface area contributed by atoms with Gasteiger partial charge in [0.25, 0.3) is 0 Å². The Morgan fingerprint density at radius 2 is 2.07 bits per heavy atom. The van der Waals surface area contributed by atoms with E-state index in [1.165, 1.54) is 5.56 Å². The van der Waals surface area contributed by atoms with Crippen LogP contribution in [0.5, 0.6) is 0 Å². The maximum atomic E-state index is 6.05. The molecule has 0 saturated heterocycles. The fourth-order valence-electron chi connectivity index (χ4n) is 1.36. The van der Waals surface area contributed by atoms with Crippen molar-refractivity contribution in [3.05, 3.63) is 52.5 Å². The van der Waals surface area contributed by atoms with Gasteiger partial charge >= 0.3 is 0 Å². The van der Waals surface area contributed by atoms with Crippen molar-refractivity contribution in [2.45, 2.75) is 12.5 Å². The van der Waals surface area contributed by atoms with E-state index in [2.05, 4.69) is 17.1 Å². The van der Waals surface area contributed by atoms with Gasteiger partial charge < -0.3 is 5.73 Å². The summed E-state index contributed by atoms with van der Waals surface area (Å²) in [5.74, 6) is 0. The molecule has 0 spiro atoms. The molecule has 0 radical (unpaired) electrons. The molecule has 0 saturated carbocycles. The van der Waals surface area contributed by atoms with Crippen LogP contribution >= 0.6 is 11.3 Å². The highest BCUT2D eigenvalue weighted by Crippen LogP contribution is 2.16. The van der Waals surface area contributed by atoms with E-state index in [1.54, 1.807) is 11.3 Å². The van der Waals surface area contributed by atoms with Crippen LogP contribution in [-0.4, -0.2) is 4.98 Å². The maximum absolute atomic E-state index is 6.05. The Morgan fingerprint density at radius 1 is 1.29 bits per heavy atom. The Morgan fingerprint density at radius 3 is 2.71 bits per heavy atom. The van der Waals surface area contributed by atoms with Crippen LogP contribution < -0.4 is 5.73 Å². The summed E-state index contributed by atoms with van der Waals surface area (Å²) in [6, 6.07) is 10.2. The number of aromatic nitrogens is 1. The molecule has 0 aliphatic carbocycles. The zero-order valence-electron chi connectivity index (χ0n) is 7.76. The Balaban J connectivity index is 2.07. The predicted octanol–water partition coefficient (Wildman–Crippen LogP) is 2.39. The van der Waals surface area contributed by atoms with E-state index in [9.17, 15) is 0 Å². The zero-order chi connectivity index (χ0) is 9.80. The normalized spacial score (nSPS) is 12.6. The molecule has 0 aliphatic rings. The maximum Gasteiger partial charge on any atom is 0.0943 e. The molecule has 1 unspecified atom stereocenters. The second-order valence-electron chi connectivity index (χ2n) is 3.15. The molecule has 1 heterocycles. The number of hydrogen-bond acceptors (Lipinski definition) is 3. The molecule has 2 rings (SSSR count). The van der Waals surface area contributed by atoms with Crippen molar-refractivity contribution in [2.24, 2.45) is 5.73 Å². The third-order valence-electron chi connectivity index (χ3n) is 2.11. The van der Waals surface area contributed by atoms with Crippen molar-refractivity contribution in [1.29, 1.82) is 0 Å². The first-order valence-electron chi connectivity index (χ1n) is 4.55. The van der Waals surface area contributed by atoms with Crippen molar-refractivity contribution >= 4 is 11.3 Å². The van der Waals surface area contributed by atoms with Gasteiger partial charge in [0.1, 0.15) is 0 Å². The lowest BCUT2D eigenvalue weighted by atomic mass is 10.1. The van der Waals surface area contributed by atoms with Crippen molar-refractivity contribution in [3.63, 3.8) is 0 Å². The van der Waals surface area contributed by atoms with Crippen LogP contribution in [0.4, 0.5) is 0 Å². The van der Waals surface area contributed by atoms with Gasteiger partial charge in [-0.3, -0.25) is 0 Å². The summed E-state index contributed by atoms with van der Waals surface area (Å²) in [4.78, 5) is 4.22. The smallest absolute Gasteiger partial charge is 0.0943 e. The van der Waals surface area contributed by atoms with Crippen molar-refractivity contribution in [1.82, 2.24) is 4.98 Å². The lowest BCUT2D eigenvalue weighted by Crippen LogP contribution is -2.12. The lowest BCUT2D eigenvalue weighted by molar-refractivity contribution is 0.718. The molecular weight excluding hydrogens is 192 g/mol. The van der Waals surface area contributed by atoms with Gasteiger partial charge in [0.15, 0.2) is 0 Å². The van der Waals surface area contributed by atoms with Gasteiger partial charge in [-0.05, 0) is 5.56 Å². The van der Waals surface area contributed by atoms with Crippen LogP contribution in [-0.2, 0) is 6.42 Å². The molecule has 2 aromatic rings. The highest BCUT2D eigenvalue weighted by Gasteiger charge is 2.07. The van der Waals surface area contributed by atoms with Gasteiger partial charge in [0.2, 0.25) is 0 Å². The summed E-state index contributed by atoms with van der Waals surface area (Å²) >= 11 is 1.65. The first kappa shape index (κ1) is 9.37. The van der Waals surface area contributed by atoms with E-state index in [-0.39, 0.29) is 6.04 Å². The summed E-state index contributed by atoms with van der Waals surface area (Å²) in [6.45, 7) is 0. The second kappa shape index (κ2) is 4.35. The predicted molar refractivity (Wildman–Crippen MR) is 59.2 cm³/mol. The van der Waals surface area contributed by atoms with Gasteiger partial charge in [-0.25, -0.2) is 4.98 Å². The van der Waals surface area contributed by atoms with Crippen molar-refractivity contribution in [3.8, 4) is 0 Å². The highest BCUT2D eigenvalue weighted by atomic mass is 32.1. The Labute approximate surface area is 87.4 Å². The molecule has 0 amide bonds. The Kier molecular flexibility index (Phi) is 2.91. The molecule has 14 heavy (non-hydrogen) atoms. The Hall–Kier alpha value is -1.19. The molecule has 72 valence electrons. The molecule has 1 aromatic heterocycles. The van der Waals surface area contributed by atoms with E-state index in [0.29, 0.717) is 0 Å². The number of nitrogens with two attached hydrogens (primary N) is 1. The average molecular weight is 204 g/mol. The van der Waals surface area contributed by atoms with Crippen LogP contribution in [0, 0.1) is 0 Å². The highest BCUT2D eigenvalue weighted by molar-refractivity contribution is 7.09. The van der Waals surface area contributed by atoms with Gasteiger partial charge in [-0.2, -0.15) is 0 Å². The van der Waals surface area contributed by atoms with Gasteiger partial charge in [-0.1, -0.05) is 30.3 Å². The summed E-state index contributed by atoms with van der Waals surface area (Å²) in [5, 5.41) is 3.08. The van der Waals surface area contributed by atoms with E-state index < -0.39 is 0 Å². The van der Waals surface area contributed by atoms with Crippen molar-refractivity contribution < 1.29 is 0 Å². The van der Waals surface area contributed by atoms with E-state index in [0.717, 1.165) is 11.4 Å². The lowest BCUT2D eigenvalue weighted by Gasteiger charge is -2.09. The molecule has 0 fully saturated rings. The third kappa shape index (κ3) is 2.19. The molecule has 0 bridgehead atoms. The molecule has 0 aliphatic heterocycles. The van der Waals surface area contributed by atoms with Gasteiger partial charge in [0, 0.05) is 24.0 Å². The van der Waals surface area contributed by atoms with E-state index in [4.69, 9.17) is 5.73 Å². The monoisotopic (exact) mass is 204 g/mol. The number of hydrogen-bond donors (Lipinski definition) is 1. The van der Waals surface area contributed by atoms with Gasteiger partial charge in [0.05, 0.1) is 5.01 Å². The molecule has 3 heteroatoms. The molecular formula is C11H12N2S. The first-order chi connectivity index (χ1) is 6.86. The largest absolute Gasteiger partial charge is 0.324 e. The van der Waals surface area contributed by atoms with Crippen LogP contribution in [0.25, 0.3) is 0 Å². The van der Waals surface area contributed by atoms with Crippen LogP contribution in [0.3, 0.4) is 0 Å². The molecule has 2 nitrogen and oxygen atoms in total. The summed E-state index contributed by atoms with van der Waals surface area (Å²) in [6.07, 6.45) is 2.64. The Bertz CT molecular complexity index is 369. The second-order valence-corrected chi connectivity index (χ2v) is 4.13. The minimum Gasteiger partial charge on any atom is -0.324 e. The summed E-state index contributed by atoms with van der Waals surface area (Å²) in [5.41, 5.74) is 7.22. The standard InChI is InChI=1S/C11H12N2S/c12-10(8-11-13-6-7-14-11)9-4-2-1-3-5-9/h1-7,10H,8,12H2. The minimum absolute atomic E-state index is 0.0577. The van der Waals surface area contributed by atoms with Crippen LogP contribution in [0.1, 0.15) is 16.6 Å². The number of thiazole rings is 1. The fourth-order valence-corrected chi connectivity index (χ4v) is 2.04. The summed E-state index contributed by atoms with van der Waals surface area (Å²) in [7, 11) is 0.